The average Bonchev–Trinajstić information content (AvgIpc) is 2.85. The van der Waals surface area contributed by atoms with Crippen molar-refractivity contribution in [2.45, 2.75) is 46.5 Å². The molecule has 0 spiro atoms. The van der Waals surface area contributed by atoms with E-state index in [0.29, 0.717) is 28.3 Å². The molecule has 37 heavy (non-hydrogen) atoms. The van der Waals surface area contributed by atoms with Crippen molar-refractivity contribution in [3.63, 3.8) is 0 Å². The minimum absolute atomic E-state index is 0.0102. The van der Waals surface area contributed by atoms with Gasteiger partial charge in [-0.25, -0.2) is 0 Å². The lowest BCUT2D eigenvalue weighted by atomic mass is 9.84. The Labute approximate surface area is 221 Å². The van der Waals surface area contributed by atoms with E-state index in [1.165, 1.54) is 12.1 Å². The molecule has 0 heterocycles. The Morgan fingerprint density at radius 1 is 0.946 bits per heavy atom. The number of Topliss-reactive ketones (excluding diaryl/α,β-unsaturated/α-hetero) is 2. The summed E-state index contributed by atoms with van der Waals surface area (Å²) in [5, 5.41) is 3.45. The number of amides is 1. The largest absolute Gasteiger partial charge is 0.330 e. The van der Waals surface area contributed by atoms with Crippen molar-refractivity contribution < 1.29 is 23.2 Å². The van der Waals surface area contributed by atoms with E-state index < -0.39 is 17.3 Å². The van der Waals surface area contributed by atoms with Gasteiger partial charge >= 0.3 is 5.92 Å². The maximum Gasteiger partial charge on any atom is 0.330 e. The molecule has 0 aromatic heterocycles. The first kappa shape index (κ1) is 28.2. The van der Waals surface area contributed by atoms with E-state index in [-0.39, 0.29) is 29.9 Å². The molecule has 0 saturated carbocycles. The number of anilines is 1. The second-order valence-electron chi connectivity index (χ2n) is 9.56. The lowest BCUT2D eigenvalue weighted by Crippen LogP contribution is -2.23. The van der Waals surface area contributed by atoms with Crippen LogP contribution in [0.3, 0.4) is 0 Å². The minimum atomic E-state index is -3.55. The third-order valence-electron chi connectivity index (χ3n) is 6.59. The van der Waals surface area contributed by atoms with Crippen LogP contribution >= 0.6 is 11.6 Å². The highest BCUT2D eigenvalue weighted by molar-refractivity contribution is 6.31. The monoisotopic (exact) mass is 525 g/mol. The Morgan fingerprint density at radius 2 is 1.57 bits per heavy atom. The summed E-state index contributed by atoms with van der Waals surface area (Å²) in [5.74, 6) is -5.26. The van der Waals surface area contributed by atoms with Crippen molar-refractivity contribution in [1.29, 1.82) is 0 Å². The van der Waals surface area contributed by atoms with Crippen LogP contribution in [0.15, 0.2) is 66.7 Å². The fraction of sp³-hybridized carbons (Fsp3) is 0.300. The van der Waals surface area contributed by atoms with Gasteiger partial charge in [0.05, 0.1) is 6.42 Å². The molecule has 3 aromatic carbocycles. The van der Waals surface area contributed by atoms with E-state index in [4.69, 9.17) is 11.6 Å². The second-order valence-corrected chi connectivity index (χ2v) is 9.97. The van der Waals surface area contributed by atoms with Crippen molar-refractivity contribution in [2.75, 3.05) is 5.32 Å². The van der Waals surface area contributed by atoms with Crippen LogP contribution in [0.5, 0.6) is 0 Å². The number of ketones is 2. The van der Waals surface area contributed by atoms with Gasteiger partial charge in [-0.05, 0) is 66.3 Å². The maximum absolute atomic E-state index is 13.8. The zero-order valence-corrected chi connectivity index (χ0v) is 22.0. The Balaban J connectivity index is 1.57. The summed E-state index contributed by atoms with van der Waals surface area (Å²) in [6.45, 7) is 6.75. The van der Waals surface area contributed by atoms with Crippen LogP contribution in [0, 0.1) is 18.8 Å². The molecule has 4 nitrogen and oxygen atoms in total. The minimum Gasteiger partial charge on any atom is -0.326 e. The zero-order chi connectivity index (χ0) is 27.3. The van der Waals surface area contributed by atoms with E-state index in [9.17, 15) is 23.2 Å². The number of rotatable bonds is 10. The maximum atomic E-state index is 13.8. The third-order valence-corrected chi connectivity index (χ3v) is 6.95. The summed E-state index contributed by atoms with van der Waals surface area (Å²) in [6, 6.07) is 17.7. The molecule has 1 N–H and O–H groups in total. The second kappa shape index (κ2) is 11.8. The van der Waals surface area contributed by atoms with Crippen molar-refractivity contribution in [1.82, 2.24) is 0 Å². The van der Waals surface area contributed by atoms with Crippen LogP contribution in [0.2, 0.25) is 5.02 Å². The Kier molecular flexibility index (Phi) is 8.98. The first-order valence-electron chi connectivity index (χ1n) is 12.1. The van der Waals surface area contributed by atoms with Crippen LogP contribution in [-0.2, 0) is 28.4 Å². The number of aryl methyl sites for hydroxylation is 1. The molecule has 0 saturated heterocycles. The predicted octanol–water partition coefficient (Wildman–Crippen LogP) is 7.21. The quantitative estimate of drug-likeness (QED) is 0.284. The fourth-order valence-corrected chi connectivity index (χ4v) is 4.32. The molecule has 0 aliphatic rings. The van der Waals surface area contributed by atoms with Crippen LogP contribution in [-0.4, -0.2) is 17.5 Å². The molecule has 194 valence electrons. The van der Waals surface area contributed by atoms with Crippen molar-refractivity contribution in [3.8, 4) is 0 Å². The van der Waals surface area contributed by atoms with Crippen molar-refractivity contribution in [3.05, 3.63) is 99.6 Å². The molecule has 1 amide bonds. The normalized spacial score (nSPS) is 13.1. The number of hydrogen-bond acceptors (Lipinski definition) is 3. The molecule has 3 rings (SSSR count). The number of nitrogens with one attached hydrogen (secondary N) is 1. The lowest BCUT2D eigenvalue weighted by Gasteiger charge is -2.20. The Bertz CT molecular complexity index is 1290. The first-order valence-corrected chi connectivity index (χ1v) is 12.4. The summed E-state index contributed by atoms with van der Waals surface area (Å²) in [6.07, 6.45) is 0.663. The van der Waals surface area contributed by atoms with Crippen molar-refractivity contribution >= 4 is 34.8 Å². The molecule has 0 fully saturated rings. The van der Waals surface area contributed by atoms with Gasteiger partial charge in [0.2, 0.25) is 11.7 Å². The number of alkyl halides is 2. The topological polar surface area (TPSA) is 63.2 Å². The van der Waals surface area contributed by atoms with Gasteiger partial charge in [-0.2, -0.15) is 8.78 Å². The van der Waals surface area contributed by atoms with Gasteiger partial charge in [-0.3, -0.25) is 14.4 Å². The molecule has 0 aliphatic carbocycles. The van der Waals surface area contributed by atoms with Gasteiger partial charge in [0.1, 0.15) is 0 Å². The van der Waals surface area contributed by atoms with Gasteiger partial charge in [-0.15, -0.1) is 0 Å². The summed E-state index contributed by atoms with van der Waals surface area (Å²) in [5.41, 5.74) is 3.30. The molecule has 7 heteroatoms. The van der Waals surface area contributed by atoms with E-state index in [1.54, 1.807) is 24.3 Å². The van der Waals surface area contributed by atoms with Gasteiger partial charge < -0.3 is 5.32 Å². The number of carbonyl (C=O) groups is 3. The van der Waals surface area contributed by atoms with Crippen LogP contribution in [0.1, 0.15) is 53.4 Å². The highest BCUT2D eigenvalue weighted by Gasteiger charge is 2.37. The molecule has 3 aromatic rings. The van der Waals surface area contributed by atoms with Crippen molar-refractivity contribution in [2.24, 2.45) is 11.8 Å². The number of benzene rings is 3. The molecule has 0 bridgehead atoms. The molecule has 2 atom stereocenters. The van der Waals surface area contributed by atoms with Crippen LogP contribution < -0.4 is 5.32 Å². The average molecular weight is 526 g/mol. The van der Waals surface area contributed by atoms with E-state index in [1.807, 2.05) is 39.0 Å². The summed E-state index contributed by atoms with van der Waals surface area (Å²) >= 11 is 6.36. The standard InChI is InChI=1S/C30H30ClF2NO3/c1-18-5-8-24(27(31)15-18)16-19(2)20(3)29(37)23-9-13-26(14-10-23)34-28(36)17-22-6-11-25(12-7-22)30(32,33)21(4)35/h5-15,19-20H,16-17H2,1-4H3,(H,34,36). The predicted molar refractivity (Wildman–Crippen MR) is 142 cm³/mol. The molecule has 2 unspecified atom stereocenters. The molecular weight excluding hydrogens is 496 g/mol. The van der Waals surface area contributed by atoms with E-state index >= 15 is 0 Å². The third kappa shape index (κ3) is 7.10. The Morgan fingerprint density at radius 3 is 2.14 bits per heavy atom. The smallest absolute Gasteiger partial charge is 0.326 e. The van der Waals surface area contributed by atoms with E-state index in [2.05, 4.69) is 5.32 Å². The summed E-state index contributed by atoms with van der Waals surface area (Å²) in [7, 11) is 0. The number of hydrogen-bond donors (Lipinski definition) is 1. The fourth-order valence-electron chi connectivity index (χ4n) is 4.01. The van der Waals surface area contributed by atoms with E-state index in [0.717, 1.165) is 30.2 Å². The highest BCUT2D eigenvalue weighted by atomic mass is 35.5. The van der Waals surface area contributed by atoms with Gasteiger partial charge in [0, 0.05) is 34.7 Å². The lowest BCUT2D eigenvalue weighted by molar-refractivity contribution is -0.141. The molecular formula is C30H30ClF2NO3. The van der Waals surface area contributed by atoms with Gasteiger partial charge in [0.15, 0.2) is 5.78 Å². The highest BCUT2D eigenvalue weighted by Crippen LogP contribution is 2.29. The summed E-state index contributed by atoms with van der Waals surface area (Å²) < 4.78 is 27.6. The Hall–Kier alpha value is -3.38. The SMILES string of the molecule is CC(=O)C(F)(F)c1ccc(CC(=O)Nc2ccc(C(=O)C(C)C(C)Cc3ccc(C)cc3Cl)cc2)cc1. The summed E-state index contributed by atoms with van der Waals surface area (Å²) in [4.78, 5) is 36.6. The number of carbonyl (C=O) groups excluding carboxylic acids is 3. The zero-order valence-electron chi connectivity index (χ0n) is 21.3. The molecule has 0 radical (unpaired) electrons. The number of halogens is 3. The molecule has 0 aliphatic heterocycles. The van der Waals surface area contributed by atoms with Crippen LogP contribution in [0.4, 0.5) is 14.5 Å². The van der Waals surface area contributed by atoms with Gasteiger partial charge in [-0.1, -0.05) is 61.8 Å². The van der Waals surface area contributed by atoms with Crippen LogP contribution in [0.25, 0.3) is 0 Å². The first-order chi connectivity index (χ1) is 17.4. The van der Waals surface area contributed by atoms with Gasteiger partial charge in [0.25, 0.3) is 0 Å².